The van der Waals surface area contributed by atoms with E-state index in [9.17, 15) is 4.79 Å². The highest BCUT2D eigenvalue weighted by Gasteiger charge is 2.47. The molecule has 0 bridgehead atoms. The van der Waals surface area contributed by atoms with E-state index in [4.69, 9.17) is 9.47 Å². The first-order chi connectivity index (χ1) is 14.1. The first-order valence-corrected chi connectivity index (χ1v) is 11.5. The van der Waals surface area contributed by atoms with Crippen LogP contribution < -0.4 is 9.47 Å². The number of benzene rings is 1. The van der Waals surface area contributed by atoms with Gasteiger partial charge in [-0.2, -0.15) is 0 Å². The van der Waals surface area contributed by atoms with Crippen LogP contribution in [0.3, 0.4) is 0 Å². The summed E-state index contributed by atoms with van der Waals surface area (Å²) < 4.78 is 12.0. The molecule has 1 aromatic carbocycles. The fraction of sp³-hybridized carbons (Fsp3) is 0.708. The van der Waals surface area contributed by atoms with Gasteiger partial charge in [0.2, 0.25) is 5.91 Å². The number of ether oxygens (including phenoxy) is 2. The monoisotopic (exact) mass is 400 g/mol. The Balaban J connectivity index is 1.14. The highest BCUT2D eigenvalue weighted by atomic mass is 16.5. The number of hydrogen-bond acceptors (Lipinski definition) is 4. The maximum Gasteiger partial charge on any atom is 0.228 e. The molecule has 5 nitrogen and oxygen atoms in total. The Morgan fingerprint density at radius 1 is 1.00 bits per heavy atom. The fourth-order valence-corrected chi connectivity index (χ4v) is 4.43. The van der Waals surface area contributed by atoms with Gasteiger partial charge in [-0.05, 0) is 69.5 Å². The normalized spacial score (nSPS) is 22.3. The Morgan fingerprint density at radius 2 is 1.66 bits per heavy atom. The van der Waals surface area contributed by atoms with E-state index in [2.05, 4.69) is 11.8 Å². The van der Waals surface area contributed by atoms with Gasteiger partial charge in [-0.15, -0.1) is 0 Å². The first kappa shape index (κ1) is 20.5. The quantitative estimate of drug-likeness (QED) is 0.616. The van der Waals surface area contributed by atoms with Crippen molar-refractivity contribution in [1.82, 2.24) is 9.80 Å². The van der Waals surface area contributed by atoms with E-state index < -0.39 is 0 Å². The predicted molar refractivity (Wildman–Crippen MR) is 114 cm³/mol. The summed E-state index contributed by atoms with van der Waals surface area (Å²) in [4.78, 5) is 17.0. The van der Waals surface area contributed by atoms with Crippen LogP contribution in [0.1, 0.15) is 58.3 Å². The second kappa shape index (κ2) is 9.38. The third-order valence-electron chi connectivity index (χ3n) is 6.71. The molecule has 2 saturated heterocycles. The van der Waals surface area contributed by atoms with Crippen LogP contribution in [0.4, 0.5) is 0 Å². The highest BCUT2D eigenvalue weighted by molar-refractivity contribution is 5.85. The smallest absolute Gasteiger partial charge is 0.228 e. The summed E-state index contributed by atoms with van der Waals surface area (Å²) in [6, 6.07) is 8.01. The van der Waals surface area contributed by atoms with Crippen molar-refractivity contribution in [2.45, 2.75) is 64.4 Å². The molecule has 1 aliphatic carbocycles. The van der Waals surface area contributed by atoms with Crippen molar-refractivity contribution in [3.8, 4) is 11.5 Å². The number of amides is 1. The van der Waals surface area contributed by atoms with Gasteiger partial charge in [-0.3, -0.25) is 4.79 Å². The van der Waals surface area contributed by atoms with Gasteiger partial charge in [0, 0.05) is 37.9 Å². The molecule has 2 heterocycles. The molecule has 0 unspecified atom stereocenters. The predicted octanol–water partition coefficient (Wildman–Crippen LogP) is 4.11. The summed E-state index contributed by atoms with van der Waals surface area (Å²) in [5, 5.41) is 0. The maximum atomic E-state index is 12.5. The molecule has 0 spiro atoms. The standard InChI is InChI=1S/C24H36N2O3/c1-24(12-13-24)23(27)26-17-10-22(11-18-26)29-21-8-6-20(7-9-21)28-19-5-16-25-14-3-2-4-15-25/h6-9,22H,2-5,10-19H2,1H3. The molecule has 29 heavy (non-hydrogen) atoms. The van der Waals surface area contributed by atoms with Gasteiger partial charge in [-0.1, -0.05) is 13.3 Å². The van der Waals surface area contributed by atoms with E-state index in [1.165, 1.54) is 32.4 Å². The molecule has 1 amide bonds. The number of carbonyl (C=O) groups is 1. The minimum absolute atomic E-state index is 0.0582. The number of nitrogens with zero attached hydrogens (tertiary/aromatic N) is 2. The van der Waals surface area contributed by atoms with E-state index in [1.54, 1.807) is 0 Å². The van der Waals surface area contributed by atoms with Gasteiger partial charge in [0.05, 0.1) is 6.61 Å². The van der Waals surface area contributed by atoms with E-state index >= 15 is 0 Å². The topological polar surface area (TPSA) is 42.0 Å². The zero-order valence-corrected chi connectivity index (χ0v) is 17.9. The third kappa shape index (κ3) is 5.65. The minimum atomic E-state index is -0.0582. The van der Waals surface area contributed by atoms with Crippen LogP contribution in [-0.4, -0.2) is 61.1 Å². The molecule has 4 rings (SSSR count). The molecular weight excluding hydrogens is 364 g/mol. The second-order valence-electron chi connectivity index (χ2n) is 9.25. The van der Waals surface area contributed by atoms with Crippen LogP contribution in [-0.2, 0) is 4.79 Å². The summed E-state index contributed by atoms with van der Waals surface area (Å²) in [6.45, 7) is 8.13. The van der Waals surface area contributed by atoms with Crippen LogP contribution in [0, 0.1) is 5.41 Å². The summed E-state index contributed by atoms with van der Waals surface area (Å²) in [5.41, 5.74) is -0.0582. The molecule has 5 heteroatoms. The number of likely N-dealkylation sites (tertiary alicyclic amines) is 2. The van der Waals surface area contributed by atoms with Gasteiger partial charge in [0.1, 0.15) is 17.6 Å². The fourth-order valence-electron chi connectivity index (χ4n) is 4.43. The van der Waals surface area contributed by atoms with Crippen LogP contribution in [0.15, 0.2) is 24.3 Å². The third-order valence-corrected chi connectivity index (χ3v) is 6.71. The first-order valence-electron chi connectivity index (χ1n) is 11.5. The number of rotatable bonds is 8. The van der Waals surface area contributed by atoms with E-state index in [0.29, 0.717) is 5.91 Å². The average molecular weight is 401 g/mol. The van der Waals surface area contributed by atoms with E-state index in [0.717, 1.165) is 69.8 Å². The molecule has 160 valence electrons. The van der Waals surface area contributed by atoms with E-state index in [1.807, 2.05) is 29.2 Å². The van der Waals surface area contributed by atoms with Gasteiger partial charge in [-0.25, -0.2) is 0 Å². The lowest BCUT2D eigenvalue weighted by atomic mass is 10.0. The zero-order valence-electron chi connectivity index (χ0n) is 17.9. The van der Waals surface area contributed by atoms with Gasteiger partial charge >= 0.3 is 0 Å². The second-order valence-corrected chi connectivity index (χ2v) is 9.25. The summed E-state index contributed by atoms with van der Waals surface area (Å²) in [6.07, 6.45) is 9.28. The molecule has 1 aromatic rings. The molecule has 0 radical (unpaired) electrons. The Labute approximate surface area is 175 Å². The van der Waals surface area contributed by atoms with Crippen LogP contribution in [0.25, 0.3) is 0 Å². The number of hydrogen-bond donors (Lipinski definition) is 0. The molecule has 1 saturated carbocycles. The van der Waals surface area contributed by atoms with Crippen molar-refractivity contribution in [2.75, 3.05) is 39.3 Å². The summed E-state index contributed by atoms with van der Waals surface area (Å²) >= 11 is 0. The largest absolute Gasteiger partial charge is 0.494 e. The number of carbonyl (C=O) groups excluding carboxylic acids is 1. The zero-order chi connectivity index (χ0) is 20.1. The van der Waals surface area contributed by atoms with Crippen LogP contribution in [0.2, 0.25) is 0 Å². The Morgan fingerprint density at radius 3 is 2.31 bits per heavy atom. The minimum Gasteiger partial charge on any atom is -0.494 e. The summed E-state index contributed by atoms with van der Waals surface area (Å²) in [7, 11) is 0. The molecular formula is C24H36N2O3. The number of piperidine rings is 2. The molecule has 3 fully saturated rings. The molecule has 0 atom stereocenters. The molecule has 3 aliphatic rings. The van der Waals surface area contributed by atoms with Crippen molar-refractivity contribution in [3.63, 3.8) is 0 Å². The molecule has 2 aliphatic heterocycles. The lowest BCUT2D eigenvalue weighted by Crippen LogP contribution is -2.44. The van der Waals surface area contributed by atoms with Gasteiger partial charge < -0.3 is 19.3 Å². The van der Waals surface area contributed by atoms with Crippen molar-refractivity contribution in [2.24, 2.45) is 5.41 Å². The lowest BCUT2D eigenvalue weighted by molar-refractivity contribution is -0.138. The average Bonchev–Trinajstić information content (AvgIpc) is 3.52. The highest BCUT2D eigenvalue weighted by Crippen LogP contribution is 2.46. The van der Waals surface area contributed by atoms with Crippen LogP contribution >= 0.6 is 0 Å². The Hall–Kier alpha value is -1.75. The lowest BCUT2D eigenvalue weighted by Gasteiger charge is -2.33. The Bertz CT molecular complexity index is 657. The van der Waals surface area contributed by atoms with Gasteiger partial charge in [0.25, 0.3) is 0 Å². The van der Waals surface area contributed by atoms with Crippen molar-refractivity contribution in [3.05, 3.63) is 24.3 Å². The Kier molecular flexibility index (Phi) is 6.63. The van der Waals surface area contributed by atoms with Crippen molar-refractivity contribution in [1.29, 1.82) is 0 Å². The maximum absolute atomic E-state index is 12.5. The van der Waals surface area contributed by atoms with Crippen molar-refractivity contribution >= 4 is 5.91 Å². The van der Waals surface area contributed by atoms with E-state index in [-0.39, 0.29) is 11.5 Å². The molecule has 0 aromatic heterocycles. The molecule has 0 N–H and O–H groups in total. The van der Waals surface area contributed by atoms with Gasteiger partial charge in [0.15, 0.2) is 0 Å². The SMILES string of the molecule is CC1(C(=O)N2CCC(Oc3ccc(OCCCN4CCCCC4)cc3)CC2)CC1. The van der Waals surface area contributed by atoms with Crippen LogP contribution in [0.5, 0.6) is 11.5 Å². The van der Waals surface area contributed by atoms with Crippen molar-refractivity contribution < 1.29 is 14.3 Å². The summed E-state index contributed by atoms with van der Waals surface area (Å²) in [5.74, 6) is 2.15.